The fourth-order valence-electron chi connectivity index (χ4n) is 4.36. The molecule has 1 amide bonds. The number of ether oxygens (including phenoxy) is 1. The second kappa shape index (κ2) is 9.34. The van der Waals surface area contributed by atoms with Crippen LogP contribution in [-0.2, 0) is 4.74 Å². The number of piperidine rings is 1. The van der Waals surface area contributed by atoms with Gasteiger partial charge in [-0.15, -0.1) is 0 Å². The van der Waals surface area contributed by atoms with Gasteiger partial charge in [0, 0.05) is 19.1 Å². The lowest BCUT2D eigenvalue weighted by Crippen LogP contribution is -2.46. The standard InChI is InChI=1S/C25H38N2O2/c1-18(20-9-7-6-8-10-20)19(2)23-17-21(23)11-14-26-22-12-15-27(16-13-22)24(28)29-25(3,4)5/h6-10,21-23,26H,11-17H2,1-5H3/b19-18+. The summed E-state index contributed by atoms with van der Waals surface area (Å²) in [6, 6.07) is 11.3. The molecule has 1 N–H and O–H groups in total. The Labute approximate surface area is 176 Å². The first kappa shape index (κ1) is 21.9. The number of benzene rings is 1. The van der Waals surface area contributed by atoms with Crippen LogP contribution >= 0.6 is 0 Å². The highest BCUT2D eigenvalue weighted by Crippen LogP contribution is 2.48. The molecule has 3 rings (SSSR count). The molecule has 2 unspecified atom stereocenters. The molecule has 29 heavy (non-hydrogen) atoms. The van der Waals surface area contributed by atoms with Crippen LogP contribution in [0.5, 0.6) is 0 Å². The number of hydrogen-bond donors (Lipinski definition) is 1. The Morgan fingerprint density at radius 1 is 1.14 bits per heavy atom. The second-order valence-electron chi connectivity index (χ2n) is 9.76. The Balaban J connectivity index is 1.36. The zero-order valence-electron chi connectivity index (χ0n) is 18.8. The molecule has 160 valence electrons. The van der Waals surface area contributed by atoms with E-state index in [1.807, 2.05) is 25.7 Å². The maximum atomic E-state index is 12.2. The minimum absolute atomic E-state index is 0.173. The maximum Gasteiger partial charge on any atom is 0.410 e. The van der Waals surface area contributed by atoms with E-state index in [1.54, 1.807) is 5.57 Å². The van der Waals surface area contributed by atoms with Crippen LogP contribution in [0.15, 0.2) is 35.9 Å². The summed E-state index contributed by atoms with van der Waals surface area (Å²) in [6.45, 7) is 13.0. The van der Waals surface area contributed by atoms with Gasteiger partial charge in [0.05, 0.1) is 0 Å². The molecule has 2 fully saturated rings. The van der Waals surface area contributed by atoms with Gasteiger partial charge in [-0.2, -0.15) is 0 Å². The normalized spacial score (nSPS) is 23.6. The van der Waals surface area contributed by atoms with Crippen molar-refractivity contribution in [1.82, 2.24) is 10.2 Å². The predicted molar refractivity (Wildman–Crippen MR) is 120 cm³/mol. The second-order valence-corrected chi connectivity index (χ2v) is 9.76. The summed E-state index contributed by atoms with van der Waals surface area (Å²) in [6.07, 6.45) is 4.43. The lowest BCUT2D eigenvalue weighted by atomic mass is 9.98. The first-order valence-electron chi connectivity index (χ1n) is 11.2. The fourth-order valence-corrected chi connectivity index (χ4v) is 4.36. The van der Waals surface area contributed by atoms with Gasteiger partial charge in [-0.25, -0.2) is 4.79 Å². The number of allylic oxidation sites excluding steroid dienone is 2. The van der Waals surface area contributed by atoms with Crippen molar-refractivity contribution in [3.8, 4) is 0 Å². The fraction of sp³-hybridized carbons (Fsp3) is 0.640. The predicted octanol–water partition coefficient (Wildman–Crippen LogP) is 5.50. The number of carbonyl (C=O) groups excluding carboxylic acids is 1. The molecule has 1 aromatic rings. The third-order valence-corrected chi connectivity index (χ3v) is 6.37. The molecule has 0 spiro atoms. The number of amides is 1. The van der Waals surface area contributed by atoms with Crippen molar-refractivity contribution >= 4 is 11.7 Å². The summed E-state index contributed by atoms with van der Waals surface area (Å²) in [7, 11) is 0. The first-order chi connectivity index (χ1) is 13.7. The topological polar surface area (TPSA) is 41.6 Å². The minimum Gasteiger partial charge on any atom is -0.444 e. The lowest BCUT2D eigenvalue weighted by Gasteiger charge is -2.33. The summed E-state index contributed by atoms with van der Waals surface area (Å²) in [5.41, 5.74) is 3.94. The van der Waals surface area contributed by atoms with Crippen LogP contribution in [0.2, 0.25) is 0 Å². The summed E-state index contributed by atoms with van der Waals surface area (Å²) < 4.78 is 5.48. The molecule has 2 atom stereocenters. The molecule has 2 aliphatic rings. The van der Waals surface area contributed by atoms with Crippen molar-refractivity contribution in [2.24, 2.45) is 11.8 Å². The average molecular weight is 399 g/mol. The van der Waals surface area contributed by atoms with Gasteiger partial charge >= 0.3 is 6.09 Å². The molecule has 0 radical (unpaired) electrons. The summed E-state index contributed by atoms with van der Waals surface area (Å²) in [5.74, 6) is 1.58. The number of carbonyl (C=O) groups is 1. The van der Waals surface area contributed by atoms with Crippen molar-refractivity contribution in [3.05, 3.63) is 41.5 Å². The minimum atomic E-state index is -0.418. The van der Waals surface area contributed by atoms with Crippen LogP contribution in [0.25, 0.3) is 5.57 Å². The molecule has 4 heteroatoms. The Bertz CT molecular complexity index is 712. The summed E-state index contributed by atoms with van der Waals surface area (Å²) in [5, 5.41) is 3.73. The largest absolute Gasteiger partial charge is 0.444 e. The van der Waals surface area contributed by atoms with Crippen molar-refractivity contribution < 1.29 is 9.53 Å². The van der Waals surface area contributed by atoms with Crippen molar-refractivity contribution in [2.75, 3.05) is 19.6 Å². The molecule has 0 bridgehead atoms. The highest BCUT2D eigenvalue weighted by Gasteiger charge is 2.38. The molecule has 1 saturated carbocycles. The number of hydrogen-bond acceptors (Lipinski definition) is 3. The molecular formula is C25H38N2O2. The molecule has 1 aromatic carbocycles. The van der Waals surface area contributed by atoms with Crippen molar-refractivity contribution in [3.63, 3.8) is 0 Å². The Morgan fingerprint density at radius 2 is 1.79 bits per heavy atom. The summed E-state index contributed by atoms with van der Waals surface area (Å²) >= 11 is 0. The quantitative estimate of drug-likeness (QED) is 0.688. The molecule has 4 nitrogen and oxygen atoms in total. The van der Waals surface area contributed by atoms with E-state index in [2.05, 4.69) is 49.5 Å². The molecule has 1 saturated heterocycles. The van der Waals surface area contributed by atoms with Crippen LogP contribution in [0.4, 0.5) is 4.79 Å². The van der Waals surface area contributed by atoms with Crippen LogP contribution in [0.3, 0.4) is 0 Å². The van der Waals surface area contributed by atoms with Crippen molar-refractivity contribution in [2.45, 2.75) is 71.9 Å². The van der Waals surface area contributed by atoms with Gasteiger partial charge in [0.1, 0.15) is 5.60 Å². The number of rotatable bonds is 6. The van der Waals surface area contributed by atoms with Gasteiger partial charge < -0.3 is 15.0 Å². The Morgan fingerprint density at radius 3 is 2.41 bits per heavy atom. The monoisotopic (exact) mass is 398 g/mol. The molecule has 1 aliphatic heterocycles. The van der Waals surface area contributed by atoms with Crippen LogP contribution in [0.1, 0.15) is 65.9 Å². The van der Waals surface area contributed by atoms with Gasteiger partial charge in [-0.05, 0) is 89.8 Å². The molecule has 1 heterocycles. The van der Waals surface area contributed by atoms with E-state index in [-0.39, 0.29) is 6.09 Å². The average Bonchev–Trinajstić information content (AvgIpc) is 3.46. The number of nitrogens with one attached hydrogen (secondary N) is 1. The highest BCUT2D eigenvalue weighted by atomic mass is 16.6. The van der Waals surface area contributed by atoms with Gasteiger partial charge in [0.15, 0.2) is 0 Å². The van der Waals surface area contributed by atoms with Crippen molar-refractivity contribution in [1.29, 1.82) is 0 Å². The maximum absolute atomic E-state index is 12.2. The third kappa shape index (κ3) is 6.33. The van der Waals surface area contributed by atoms with Crippen LogP contribution < -0.4 is 5.32 Å². The van der Waals surface area contributed by atoms with Gasteiger partial charge in [0.25, 0.3) is 0 Å². The van der Waals surface area contributed by atoms with E-state index in [9.17, 15) is 4.79 Å². The summed E-state index contributed by atoms with van der Waals surface area (Å²) in [4.78, 5) is 14.0. The molecule has 0 aromatic heterocycles. The van der Waals surface area contributed by atoms with E-state index in [4.69, 9.17) is 4.74 Å². The Kier molecular flexibility index (Phi) is 7.05. The zero-order chi connectivity index (χ0) is 21.0. The van der Waals surface area contributed by atoms with E-state index in [1.165, 1.54) is 24.0 Å². The van der Waals surface area contributed by atoms with E-state index >= 15 is 0 Å². The SMILES string of the molecule is C/C(=C(/C)C1CC1CCNC1CCN(C(=O)OC(C)(C)C)CC1)c1ccccc1. The van der Waals surface area contributed by atoms with E-state index in [0.717, 1.165) is 44.3 Å². The van der Waals surface area contributed by atoms with Crippen LogP contribution in [0, 0.1) is 11.8 Å². The highest BCUT2D eigenvalue weighted by molar-refractivity contribution is 5.68. The van der Waals surface area contributed by atoms with Crippen LogP contribution in [-0.4, -0.2) is 42.3 Å². The number of nitrogens with zero attached hydrogens (tertiary/aromatic N) is 1. The van der Waals surface area contributed by atoms with E-state index < -0.39 is 5.60 Å². The van der Waals surface area contributed by atoms with E-state index in [0.29, 0.717) is 6.04 Å². The van der Waals surface area contributed by atoms with Gasteiger partial charge in [0.2, 0.25) is 0 Å². The lowest BCUT2D eigenvalue weighted by molar-refractivity contribution is 0.0198. The van der Waals surface area contributed by atoms with Gasteiger partial charge in [-0.1, -0.05) is 35.9 Å². The smallest absolute Gasteiger partial charge is 0.410 e. The molecule has 1 aliphatic carbocycles. The third-order valence-electron chi connectivity index (χ3n) is 6.37. The Hall–Kier alpha value is -1.81. The first-order valence-corrected chi connectivity index (χ1v) is 11.2. The zero-order valence-corrected chi connectivity index (χ0v) is 18.8. The van der Waals surface area contributed by atoms with Gasteiger partial charge in [-0.3, -0.25) is 0 Å². The number of likely N-dealkylation sites (tertiary alicyclic amines) is 1. The molecular weight excluding hydrogens is 360 g/mol.